The van der Waals surface area contributed by atoms with E-state index < -0.39 is 0 Å². The number of nitrogens with one attached hydrogen (secondary N) is 1. The van der Waals surface area contributed by atoms with Gasteiger partial charge in [-0.15, -0.1) is 0 Å². The second-order valence-corrected chi connectivity index (χ2v) is 12.7. The average molecular weight is 557 g/mol. The van der Waals surface area contributed by atoms with Gasteiger partial charge in [-0.2, -0.15) is 0 Å². The number of hydrogen-bond acceptors (Lipinski definition) is 4. The van der Waals surface area contributed by atoms with Gasteiger partial charge < -0.3 is 14.6 Å². The van der Waals surface area contributed by atoms with Gasteiger partial charge in [-0.25, -0.2) is 4.98 Å². The maximum absolute atomic E-state index is 14.0. The van der Waals surface area contributed by atoms with Crippen LogP contribution in [0.15, 0.2) is 42.5 Å². The Morgan fingerprint density at radius 1 is 1.02 bits per heavy atom. The van der Waals surface area contributed by atoms with Crippen LogP contribution in [0.3, 0.4) is 0 Å². The van der Waals surface area contributed by atoms with E-state index in [-0.39, 0.29) is 30.5 Å². The largest absolute Gasteiger partial charge is 0.361 e. The zero-order valence-corrected chi connectivity index (χ0v) is 24.8. The molecule has 0 spiro atoms. The maximum Gasteiger partial charge on any atom is 0.248 e. The predicted molar refractivity (Wildman–Crippen MR) is 162 cm³/mol. The fourth-order valence-corrected chi connectivity index (χ4v) is 8.41. The number of aromatic nitrogens is 2. The van der Waals surface area contributed by atoms with Gasteiger partial charge in [-0.1, -0.05) is 37.3 Å². The van der Waals surface area contributed by atoms with Gasteiger partial charge in [0, 0.05) is 25.0 Å². The Kier molecular flexibility index (Phi) is 7.90. The van der Waals surface area contributed by atoms with Gasteiger partial charge in [0.05, 0.1) is 16.7 Å². The number of carbonyl (C=O) groups is 2. The third kappa shape index (κ3) is 5.41. The molecule has 2 aromatic carbocycles. The summed E-state index contributed by atoms with van der Waals surface area (Å²) in [6.45, 7) is 7.52. The third-order valence-electron chi connectivity index (χ3n) is 9.88. The van der Waals surface area contributed by atoms with Crippen LogP contribution in [0.5, 0.6) is 0 Å². The van der Waals surface area contributed by atoms with Gasteiger partial charge in [0.2, 0.25) is 11.8 Å². The van der Waals surface area contributed by atoms with Crippen LogP contribution < -0.4 is 10.2 Å². The molecule has 1 heterocycles. The minimum Gasteiger partial charge on any atom is -0.361 e. The molecule has 7 nitrogen and oxygen atoms in total. The third-order valence-corrected chi connectivity index (χ3v) is 9.88. The lowest BCUT2D eigenvalue weighted by molar-refractivity contribution is -0.146. The monoisotopic (exact) mass is 556 g/mol. The van der Waals surface area contributed by atoms with Gasteiger partial charge >= 0.3 is 0 Å². The Labute approximate surface area is 243 Å². The van der Waals surface area contributed by atoms with Gasteiger partial charge in [-0.05, 0) is 99.8 Å². The molecule has 3 aromatic rings. The molecule has 0 aliphatic heterocycles. The van der Waals surface area contributed by atoms with E-state index in [1.54, 1.807) is 4.90 Å². The minimum absolute atomic E-state index is 0.0375. The first-order valence-electron chi connectivity index (χ1n) is 15.6. The lowest BCUT2D eigenvalue weighted by Gasteiger charge is -2.55. The number of hydrogen-bond donors (Lipinski definition) is 1. The van der Waals surface area contributed by atoms with Crippen LogP contribution in [0.4, 0.5) is 5.69 Å². The fraction of sp³-hybridized carbons (Fsp3) is 0.559. The highest BCUT2D eigenvalue weighted by atomic mass is 16.5. The summed E-state index contributed by atoms with van der Waals surface area (Å²) in [5.41, 5.74) is 4.75. The molecule has 0 unspecified atom stereocenters. The molecule has 4 fully saturated rings. The van der Waals surface area contributed by atoms with Crippen molar-refractivity contribution in [3.63, 3.8) is 0 Å². The van der Waals surface area contributed by atoms with E-state index in [4.69, 9.17) is 9.72 Å². The van der Waals surface area contributed by atoms with E-state index in [9.17, 15) is 9.59 Å². The minimum atomic E-state index is -0.158. The smallest absolute Gasteiger partial charge is 0.248 e. The number of anilines is 1. The van der Waals surface area contributed by atoms with Crippen molar-refractivity contribution in [3.05, 3.63) is 59.4 Å². The van der Waals surface area contributed by atoms with Crippen LogP contribution in [-0.2, 0) is 33.7 Å². The first kappa shape index (κ1) is 28.0. The summed E-state index contributed by atoms with van der Waals surface area (Å²) in [4.78, 5) is 34.2. The number of nitrogens with zero attached hydrogens (tertiary/aromatic N) is 3. The molecule has 0 radical (unpaired) electrons. The quantitative estimate of drug-likeness (QED) is 0.303. The van der Waals surface area contributed by atoms with Crippen LogP contribution >= 0.6 is 0 Å². The predicted octanol–water partition coefficient (Wildman–Crippen LogP) is 5.81. The topological polar surface area (TPSA) is 76.5 Å². The fourth-order valence-electron chi connectivity index (χ4n) is 8.41. The summed E-state index contributed by atoms with van der Waals surface area (Å²) < 4.78 is 7.81. The van der Waals surface area contributed by atoms with Crippen molar-refractivity contribution in [2.75, 3.05) is 24.8 Å². The molecule has 4 aliphatic rings. The van der Waals surface area contributed by atoms with E-state index in [0.717, 1.165) is 77.1 Å². The number of fused-ring (bicyclic) bond motifs is 1. The van der Waals surface area contributed by atoms with Gasteiger partial charge in [0.25, 0.3) is 0 Å². The first-order chi connectivity index (χ1) is 19.9. The second-order valence-electron chi connectivity index (χ2n) is 12.7. The van der Waals surface area contributed by atoms with E-state index in [1.807, 2.05) is 54.8 Å². The molecule has 1 aromatic heterocycles. The lowest BCUT2D eigenvalue weighted by Crippen LogP contribution is -2.53. The van der Waals surface area contributed by atoms with Crippen molar-refractivity contribution in [3.8, 4) is 0 Å². The van der Waals surface area contributed by atoms with Crippen LogP contribution in [0.2, 0.25) is 0 Å². The summed E-state index contributed by atoms with van der Waals surface area (Å²) in [6, 6.07) is 14.1. The number of ether oxygens (including phenoxy) is 1. The van der Waals surface area contributed by atoms with Crippen molar-refractivity contribution in [2.24, 2.45) is 23.2 Å². The van der Waals surface area contributed by atoms with Gasteiger partial charge in [0.1, 0.15) is 19.1 Å². The highest BCUT2D eigenvalue weighted by Crippen LogP contribution is 2.60. The Morgan fingerprint density at radius 3 is 2.41 bits per heavy atom. The summed E-state index contributed by atoms with van der Waals surface area (Å²) >= 11 is 0. The molecule has 41 heavy (non-hydrogen) atoms. The molecule has 4 aliphatic carbocycles. The number of para-hydroxylation sites is 3. The molecule has 218 valence electrons. The lowest BCUT2D eigenvalue weighted by atomic mass is 9.49. The second kappa shape index (κ2) is 11.6. The summed E-state index contributed by atoms with van der Waals surface area (Å²) in [5, 5.41) is 3.30. The molecule has 7 heteroatoms. The van der Waals surface area contributed by atoms with Crippen LogP contribution in [0.25, 0.3) is 11.0 Å². The number of amides is 2. The highest BCUT2D eigenvalue weighted by Gasteiger charge is 2.54. The SMILES string of the molecule is CCOCN(C(=O)Cn1c(CCNC(=O)C23CC4CC(CC(C4)C2)C3)nc2ccccc21)c1c(C)cccc1CC. The van der Waals surface area contributed by atoms with E-state index in [1.165, 1.54) is 19.3 Å². The van der Waals surface area contributed by atoms with Crippen LogP contribution in [-0.4, -0.2) is 41.2 Å². The molecule has 2 amide bonds. The molecule has 7 rings (SSSR count). The van der Waals surface area contributed by atoms with E-state index in [0.29, 0.717) is 19.6 Å². The van der Waals surface area contributed by atoms with E-state index >= 15 is 0 Å². The van der Waals surface area contributed by atoms with Gasteiger partial charge in [0.15, 0.2) is 0 Å². The highest BCUT2D eigenvalue weighted by molar-refractivity contribution is 5.95. The van der Waals surface area contributed by atoms with Crippen molar-refractivity contribution >= 4 is 28.5 Å². The zero-order valence-electron chi connectivity index (χ0n) is 24.8. The van der Waals surface area contributed by atoms with Crippen molar-refractivity contribution in [2.45, 2.75) is 78.7 Å². The molecule has 4 saturated carbocycles. The molecule has 0 atom stereocenters. The normalized spacial score (nSPS) is 24.6. The number of rotatable bonds is 11. The Bertz CT molecular complexity index is 1390. The van der Waals surface area contributed by atoms with Crippen molar-refractivity contribution < 1.29 is 14.3 Å². The van der Waals surface area contributed by atoms with E-state index in [2.05, 4.69) is 18.3 Å². The summed E-state index contributed by atoms with van der Waals surface area (Å²) in [5.74, 6) is 3.24. The molecular weight excluding hydrogens is 512 g/mol. The zero-order chi connectivity index (χ0) is 28.6. The van der Waals surface area contributed by atoms with Gasteiger partial charge in [-0.3, -0.25) is 14.5 Å². The van der Waals surface area contributed by atoms with Crippen LogP contribution in [0.1, 0.15) is 69.3 Å². The summed E-state index contributed by atoms with van der Waals surface area (Å²) in [7, 11) is 0. The van der Waals surface area contributed by atoms with Crippen molar-refractivity contribution in [1.82, 2.24) is 14.9 Å². The average Bonchev–Trinajstić information content (AvgIpc) is 3.30. The molecule has 4 bridgehead atoms. The number of aryl methyl sites for hydroxylation is 2. The summed E-state index contributed by atoms with van der Waals surface area (Å²) in [6.07, 6.45) is 8.57. The number of imidazole rings is 1. The molecule has 0 saturated heterocycles. The number of carbonyl (C=O) groups excluding carboxylic acids is 2. The molecule has 1 N–H and O–H groups in total. The van der Waals surface area contributed by atoms with Crippen molar-refractivity contribution in [1.29, 1.82) is 0 Å². The first-order valence-corrected chi connectivity index (χ1v) is 15.6. The Hall–Kier alpha value is -3.19. The van der Waals surface area contributed by atoms with Crippen LogP contribution in [0, 0.1) is 30.1 Å². The molecular formula is C34H44N4O3. The Balaban J connectivity index is 1.21. The maximum atomic E-state index is 14.0. The Morgan fingerprint density at radius 2 is 1.73 bits per heavy atom. The number of benzene rings is 2. The standard InChI is InChI=1S/C34H44N4O3/c1-4-27-10-8-9-23(3)32(27)38(22-41-5-2)31(39)21-37-29-12-7-6-11-28(29)36-30(37)13-14-35-33(40)34-18-24-15-25(19-34)17-26(16-24)20-34/h6-12,24-26H,4-5,13-22H2,1-3H3,(H,35,40).